The lowest BCUT2D eigenvalue weighted by atomic mass is 10.2. The van der Waals surface area contributed by atoms with Crippen LogP contribution in [0.25, 0.3) is 0 Å². The largest absolute Gasteiger partial charge is 0.384 e. The summed E-state index contributed by atoms with van der Waals surface area (Å²) in [4.78, 5) is 3.91. The van der Waals surface area contributed by atoms with Crippen molar-refractivity contribution in [2.24, 2.45) is 0 Å². The molecular weight excluding hydrogens is 294 g/mol. The smallest absolute Gasteiger partial charge is 0.240 e. The van der Waals surface area contributed by atoms with E-state index in [1.165, 1.54) is 18.5 Å². The van der Waals surface area contributed by atoms with Gasteiger partial charge in [-0.05, 0) is 18.2 Å². The minimum absolute atomic E-state index is 0.111. The highest BCUT2D eigenvalue weighted by atomic mass is 32.2. The predicted molar refractivity (Wildman–Crippen MR) is 73.6 cm³/mol. The van der Waals surface area contributed by atoms with Crippen molar-refractivity contribution in [2.75, 3.05) is 13.2 Å². The third-order valence-corrected chi connectivity index (χ3v) is 3.96. The Labute approximate surface area is 122 Å². The number of aliphatic hydroxyl groups excluding tert-OH is 1. The molecule has 0 unspecified atom stereocenters. The summed E-state index contributed by atoms with van der Waals surface area (Å²) in [5.74, 6) is 5.56. The molecule has 1 heterocycles. The van der Waals surface area contributed by atoms with E-state index in [9.17, 15) is 8.42 Å². The fraction of sp³-hybridized carbons (Fsp3) is 0.231. The van der Waals surface area contributed by atoms with Gasteiger partial charge in [0.1, 0.15) is 6.61 Å². The van der Waals surface area contributed by atoms with Gasteiger partial charge in [-0.1, -0.05) is 23.1 Å². The van der Waals surface area contributed by atoms with Crippen LogP contribution < -0.4 is 4.72 Å². The van der Waals surface area contributed by atoms with Gasteiger partial charge in [0.25, 0.3) is 0 Å². The zero-order valence-corrected chi connectivity index (χ0v) is 11.8. The quantitative estimate of drug-likeness (QED) is 0.749. The molecule has 2 N–H and O–H groups in total. The van der Waals surface area contributed by atoms with Crippen LogP contribution in [0.15, 0.2) is 40.1 Å². The molecule has 0 amide bonds. The maximum atomic E-state index is 12.1. The van der Waals surface area contributed by atoms with E-state index < -0.39 is 10.0 Å². The maximum absolute atomic E-state index is 12.1. The number of sulfonamides is 1. The van der Waals surface area contributed by atoms with Crippen LogP contribution in [0.3, 0.4) is 0 Å². The first-order valence-electron chi connectivity index (χ1n) is 6.06. The first-order valence-corrected chi connectivity index (χ1v) is 7.55. The van der Waals surface area contributed by atoms with Crippen molar-refractivity contribution in [3.05, 3.63) is 42.0 Å². The average Bonchev–Trinajstić information content (AvgIpc) is 2.98. The number of nitrogens with one attached hydrogen (secondary N) is 1. The predicted octanol–water partition coefficient (Wildman–Crippen LogP) is -0.0656. The zero-order valence-electron chi connectivity index (χ0n) is 11.0. The summed E-state index contributed by atoms with van der Waals surface area (Å²) in [6.07, 6.45) is 1.52. The van der Waals surface area contributed by atoms with E-state index in [0.717, 1.165) is 0 Å². The van der Waals surface area contributed by atoms with Crippen molar-refractivity contribution >= 4 is 10.0 Å². The van der Waals surface area contributed by atoms with Crippen LogP contribution in [0.5, 0.6) is 0 Å². The van der Waals surface area contributed by atoms with E-state index in [1.54, 1.807) is 12.1 Å². The van der Waals surface area contributed by atoms with Crippen molar-refractivity contribution in [3.63, 3.8) is 0 Å². The Hall–Kier alpha value is -2.21. The molecule has 0 saturated carbocycles. The van der Waals surface area contributed by atoms with E-state index in [0.29, 0.717) is 17.8 Å². The molecular formula is C13H13N3O4S. The minimum atomic E-state index is -3.63. The Morgan fingerprint density at radius 1 is 1.38 bits per heavy atom. The molecule has 8 heteroatoms. The van der Waals surface area contributed by atoms with E-state index in [4.69, 9.17) is 5.11 Å². The van der Waals surface area contributed by atoms with Gasteiger partial charge >= 0.3 is 0 Å². The Balaban J connectivity index is 2.04. The van der Waals surface area contributed by atoms with Gasteiger partial charge in [0.15, 0.2) is 5.82 Å². The molecule has 0 aliphatic rings. The second-order valence-electron chi connectivity index (χ2n) is 3.98. The average molecular weight is 307 g/mol. The van der Waals surface area contributed by atoms with Crippen LogP contribution in [-0.2, 0) is 16.4 Å². The van der Waals surface area contributed by atoms with Crippen LogP contribution in [0, 0.1) is 11.8 Å². The summed E-state index contributed by atoms with van der Waals surface area (Å²) in [5.41, 5.74) is 0.519. The van der Waals surface area contributed by atoms with Gasteiger partial charge in [-0.25, -0.2) is 13.1 Å². The Kier molecular flexibility index (Phi) is 5.05. The van der Waals surface area contributed by atoms with Crippen molar-refractivity contribution in [1.29, 1.82) is 0 Å². The number of hydrogen-bond acceptors (Lipinski definition) is 6. The number of rotatable bonds is 5. The number of aromatic nitrogens is 2. The van der Waals surface area contributed by atoms with Gasteiger partial charge < -0.3 is 9.63 Å². The third kappa shape index (κ3) is 4.39. The highest BCUT2D eigenvalue weighted by Gasteiger charge is 2.14. The molecule has 1 aromatic carbocycles. The summed E-state index contributed by atoms with van der Waals surface area (Å²) < 4.78 is 31.2. The Morgan fingerprint density at radius 2 is 2.24 bits per heavy atom. The Bertz CT molecular complexity index is 745. The summed E-state index contributed by atoms with van der Waals surface area (Å²) in [6.45, 7) is -0.117. The molecule has 0 saturated heterocycles. The molecule has 21 heavy (non-hydrogen) atoms. The van der Waals surface area contributed by atoms with Crippen LogP contribution >= 0.6 is 0 Å². The minimum Gasteiger partial charge on any atom is -0.384 e. The number of hydrogen-bond donors (Lipinski definition) is 2. The fourth-order valence-electron chi connectivity index (χ4n) is 1.57. The molecule has 2 rings (SSSR count). The van der Waals surface area contributed by atoms with Gasteiger partial charge in [-0.15, -0.1) is 0 Å². The number of aliphatic hydroxyl groups is 1. The maximum Gasteiger partial charge on any atom is 0.240 e. The molecule has 2 aromatic rings. The molecule has 0 atom stereocenters. The molecule has 0 spiro atoms. The lowest BCUT2D eigenvalue weighted by molar-refractivity contribution is 0.350. The van der Waals surface area contributed by atoms with E-state index >= 15 is 0 Å². The highest BCUT2D eigenvalue weighted by molar-refractivity contribution is 7.89. The van der Waals surface area contributed by atoms with E-state index in [2.05, 4.69) is 31.2 Å². The Morgan fingerprint density at radius 3 is 2.95 bits per heavy atom. The lowest BCUT2D eigenvalue weighted by Crippen LogP contribution is -2.26. The van der Waals surface area contributed by atoms with Crippen LogP contribution in [0.1, 0.15) is 11.4 Å². The lowest BCUT2D eigenvalue weighted by Gasteiger charge is -2.05. The monoisotopic (exact) mass is 307 g/mol. The molecule has 1 aromatic heterocycles. The molecule has 0 fully saturated rings. The summed E-state index contributed by atoms with van der Waals surface area (Å²) in [7, 11) is -3.63. The number of nitrogens with zero attached hydrogens (tertiary/aromatic N) is 2. The summed E-state index contributed by atoms with van der Waals surface area (Å²) in [5, 5.41) is 12.2. The van der Waals surface area contributed by atoms with E-state index in [-0.39, 0.29) is 18.0 Å². The second kappa shape index (κ2) is 6.99. The topological polar surface area (TPSA) is 105 Å². The second-order valence-corrected chi connectivity index (χ2v) is 5.75. The SMILES string of the molecule is O=S(=O)(NCCc1ncon1)c1cccc(C#CCO)c1. The molecule has 0 aliphatic heterocycles. The molecule has 0 aliphatic carbocycles. The van der Waals surface area contributed by atoms with Crippen molar-refractivity contribution in [3.8, 4) is 11.8 Å². The van der Waals surface area contributed by atoms with Crippen LogP contribution in [0.2, 0.25) is 0 Å². The zero-order chi connectivity index (χ0) is 15.1. The first kappa shape index (κ1) is 15.2. The molecule has 0 bridgehead atoms. The van der Waals surface area contributed by atoms with Crippen molar-refractivity contribution in [2.45, 2.75) is 11.3 Å². The highest BCUT2D eigenvalue weighted by Crippen LogP contribution is 2.10. The van der Waals surface area contributed by atoms with Crippen LogP contribution in [0.4, 0.5) is 0 Å². The summed E-state index contributed by atoms with van der Waals surface area (Å²) >= 11 is 0. The van der Waals surface area contributed by atoms with Gasteiger partial charge in [0, 0.05) is 18.5 Å². The van der Waals surface area contributed by atoms with Crippen molar-refractivity contribution in [1.82, 2.24) is 14.9 Å². The standard InChI is InChI=1S/C13H13N3O4S/c17-8-2-4-11-3-1-5-12(9-11)21(18,19)15-7-6-13-14-10-20-16-13/h1,3,5,9-10,15,17H,6-8H2. The molecule has 7 nitrogen and oxygen atoms in total. The summed E-state index contributed by atoms with van der Waals surface area (Å²) in [6, 6.07) is 6.18. The fourth-order valence-corrected chi connectivity index (χ4v) is 2.64. The molecule has 110 valence electrons. The van der Waals surface area contributed by atoms with Gasteiger partial charge in [-0.3, -0.25) is 0 Å². The number of benzene rings is 1. The van der Waals surface area contributed by atoms with Crippen LogP contribution in [-0.4, -0.2) is 36.8 Å². The molecule has 0 radical (unpaired) electrons. The van der Waals surface area contributed by atoms with Crippen molar-refractivity contribution < 1.29 is 18.0 Å². The van der Waals surface area contributed by atoms with E-state index in [1.807, 2.05) is 0 Å². The van der Waals surface area contributed by atoms with Gasteiger partial charge in [0.2, 0.25) is 16.4 Å². The van der Waals surface area contributed by atoms with Gasteiger partial charge in [-0.2, -0.15) is 4.98 Å². The normalized spacial score (nSPS) is 10.9. The third-order valence-electron chi connectivity index (χ3n) is 2.50. The van der Waals surface area contributed by atoms with Gasteiger partial charge in [0.05, 0.1) is 4.90 Å². The first-order chi connectivity index (χ1) is 10.1.